The van der Waals surface area contributed by atoms with Crippen molar-refractivity contribution in [2.75, 3.05) is 11.9 Å². The summed E-state index contributed by atoms with van der Waals surface area (Å²) in [5, 5.41) is 3.52. The predicted octanol–water partition coefficient (Wildman–Crippen LogP) is 3.92. The summed E-state index contributed by atoms with van der Waals surface area (Å²) < 4.78 is 5.37. The summed E-state index contributed by atoms with van der Waals surface area (Å²) >= 11 is 0. The van der Waals surface area contributed by atoms with Gasteiger partial charge in [-0.05, 0) is 44.2 Å². The molecule has 0 bridgehead atoms. The van der Waals surface area contributed by atoms with Crippen LogP contribution in [0, 0.1) is 12.8 Å². The zero-order chi connectivity index (χ0) is 14.6. The first-order chi connectivity index (χ1) is 9.60. The van der Waals surface area contributed by atoms with Crippen molar-refractivity contribution in [3.8, 4) is 0 Å². The van der Waals surface area contributed by atoms with Crippen LogP contribution in [0.1, 0.15) is 45.1 Å². The number of hydrogen-bond acceptors (Lipinski definition) is 3. The van der Waals surface area contributed by atoms with Gasteiger partial charge < -0.3 is 10.1 Å². The Morgan fingerprint density at radius 3 is 2.80 bits per heavy atom. The Bertz CT molecular complexity index is 472. The van der Waals surface area contributed by atoms with E-state index < -0.39 is 5.54 Å². The molecule has 0 amide bonds. The summed E-state index contributed by atoms with van der Waals surface area (Å²) in [5.41, 5.74) is 1.63. The highest BCUT2D eigenvalue weighted by Crippen LogP contribution is 2.38. The van der Waals surface area contributed by atoms with E-state index in [2.05, 4.69) is 25.2 Å². The van der Waals surface area contributed by atoms with E-state index >= 15 is 0 Å². The van der Waals surface area contributed by atoms with Crippen molar-refractivity contribution in [2.24, 2.45) is 5.92 Å². The third-order valence-corrected chi connectivity index (χ3v) is 4.44. The molecule has 1 saturated carbocycles. The minimum Gasteiger partial charge on any atom is -0.464 e. The molecule has 1 aliphatic carbocycles. The molecule has 0 aliphatic heterocycles. The molecule has 1 aromatic carbocycles. The Kier molecular flexibility index (Phi) is 4.69. The maximum absolute atomic E-state index is 12.6. The first kappa shape index (κ1) is 14.9. The van der Waals surface area contributed by atoms with Crippen molar-refractivity contribution in [2.45, 2.75) is 52.0 Å². The van der Waals surface area contributed by atoms with Crippen LogP contribution in [-0.4, -0.2) is 18.1 Å². The van der Waals surface area contributed by atoms with Crippen molar-refractivity contribution in [1.82, 2.24) is 0 Å². The number of benzene rings is 1. The van der Waals surface area contributed by atoms with E-state index in [0.717, 1.165) is 30.5 Å². The molecule has 0 saturated heterocycles. The highest BCUT2D eigenvalue weighted by Gasteiger charge is 2.46. The summed E-state index contributed by atoms with van der Waals surface area (Å²) in [6.07, 6.45) is 4.18. The van der Waals surface area contributed by atoms with Crippen molar-refractivity contribution in [3.05, 3.63) is 29.8 Å². The number of nitrogens with one attached hydrogen (secondary N) is 1. The van der Waals surface area contributed by atoms with E-state index in [9.17, 15) is 4.79 Å². The maximum atomic E-state index is 12.6. The van der Waals surface area contributed by atoms with Gasteiger partial charge in [0.2, 0.25) is 0 Å². The van der Waals surface area contributed by atoms with E-state index in [4.69, 9.17) is 4.74 Å². The van der Waals surface area contributed by atoms with Gasteiger partial charge in [0, 0.05) is 5.69 Å². The standard InChI is InChI=1S/C17H25NO2/c1-4-20-16(19)17(12-8-7-10-14(17)3)18-15-11-6-5-9-13(15)2/h5-6,9,11,14,18H,4,7-8,10,12H2,1-3H3. The van der Waals surface area contributed by atoms with Crippen molar-refractivity contribution < 1.29 is 9.53 Å². The molecule has 0 spiro atoms. The fourth-order valence-electron chi connectivity index (χ4n) is 3.10. The van der Waals surface area contributed by atoms with Gasteiger partial charge in [0.1, 0.15) is 5.54 Å². The minimum absolute atomic E-state index is 0.101. The Labute approximate surface area is 121 Å². The third kappa shape index (κ3) is 2.82. The number of carbonyl (C=O) groups excluding carboxylic acids is 1. The fourth-order valence-corrected chi connectivity index (χ4v) is 3.10. The largest absolute Gasteiger partial charge is 0.464 e. The smallest absolute Gasteiger partial charge is 0.332 e. The molecule has 1 N–H and O–H groups in total. The Hall–Kier alpha value is -1.51. The van der Waals surface area contributed by atoms with Gasteiger partial charge in [0.25, 0.3) is 0 Å². The van der Waals surface area contributed by atoms with E-state index in [1.807, 2.05) is 25.1 Å². The Morgan fingerprint density at radius 1 is 1.40 bits per heavy atom. The Morgan fingerprint density at radius 2 is 2.15 bits per heavy atom. The van der Waals surface area contributed by atoms with Gasteiger partial charge in [0.05, 0.1) is 6.61 Å². The van der Waals surface area contributed by atoms with Gasteiger partial charge >= 0.3 is 5.97 Å². The lowest BCUT2D eigenvalue weighted by atomic mass is 9.73. The topological polar surface area (TPSA) is 38.3 Å². The summed E-state index contributed by atoms with van der Waals surface area (Å²) in [7, 11) is 0. The van der Waals surface area contributed by atoms with Crippen LogP contribution in [0.25, 0.3) is 0 Å². The number of ether oxygens (including phenoxy) is 1. The molecule has 110 valence electrons. The monoisotopic (exact) mass is 275 g/mol. The second kappa shape index (κ2) is 6.29. The molecule has 1 aromatic rings. The second-order valence-corrected chi connectivity index (χ2v) is 5.78. The van der Waals surface area contributed by atoms with Crippen LogP contribution in [0.2, 0.25) is 0 Å². The van der Waals surface area contributed by atoms with Crippen LogP contribution in [0.3, 0.4) is 0 Å². The molecular formula is C17H25NO2. The van der Waals surface area contributed by atoms with E-state index in [1.165, 1.54) is 6.42 Å². The van der Waals surface area contributed by atoms with Crippen molar-refractivity contribution in [1.29, 1.82) is 0 Å². The molecule has 2 unspecified atom stereocenters. The van der Waals surface area contributed by atoms with Gasteiger partial charge in [-0.25, -0.2) is 4.79 Å². The zero-order valence-corrected chi connectivity index (χ0v) is 12.7. The second-order valence-electron chi connectivity index (χ2n) is 5.78. The predicted molar refractivity (Wildman–Crippen MR) is 81.8 cm³/mol. The highest BCUT2D eigenvalue weighted by molar-refractivity contribution is 5.85. The average molecular weight is 275 g/mol. The number of hydrogen-bond donors (Lipinski definition) is 1. The first-order valence-electron chi connectivity index (χ1n) is 7.61. The summed E-state index contributed by atoms with van der Waals surface area (Å²) in [6, 6.07) is 8.12. The van der Waals surface area contributed by atoms with Gasteiger partial charge in [0.15, 0.2) is 0 Å². The van der Waals surface area contributed by atoms with Crippen LogP contribution in [0.5, 0.6) is 0 Å². The van der Waals surface area contributed by atoms with Crippen LogP contribution >= 0.6 is 0 Å². The number of anilines is 1. The lowest BCUT2D eigenvalue weighted by molar-refractivity contribution is -0.151. The van der Waals surface area contributed by atoms with Crippen LogP contribution < -0.4 is 5.32 Å². The average Bonchev–Trinajstić information content (AvgIpc) is 2.44. The molecule has 3 heteroatoms. The molecular weight excluding hydrogens is 250 g/mol. The zero-order valence-electron chi connectivity index (χ0n) is 12.7. The summed E-state index contributed by atoms with van der Waals surface area (Å²) in [6.45, 7) is 6.52. The quantitative estimate of drug-likeness (QED) is 0.846. The maximum Gasteiger partial charge on any atom is 0.332 e. The minimum atomic E-state index is -0.569. The van der Waals surface area contributed by atoms with E-state index in [0.29, 0.717) is 6.61 Å². The summed E-state index contributed by atoms with van der Waals surface area (Å²) in [4.78, 5) is 12.6. The molecule has 20 heavy (non-hydrogen) atoms. The van der Waals surface area contributed by atoms with Gasteiger partial charge in [-0.2, -0.15) is 0 Å². The normalized spacial score (nSPS) is 26.1. The lowest BCUT2D eigenvalue weighted by Gasteiger charge is -2.42. The van der Waals surface area contributed by atoms with Gasteiger partial charge in [-0.3, -0.25) is 0 Å². The van der Waals surface area contributed by atoms with Crippen molar-refractivity contribution >= 4 is 11.7 Å². The molecule has 3 nitrogen and oxygen atoms in total. The number of esters is 1. The number of rotatable bonds is 4. The third-order valence-electron chi connectivity index (χ3n) is 4.44. The molecule has 0 radical (unpaired) electrons. The lowest BCUT2D eigenvalue weighted by Crippen LogP contribution is -2.54. The SMILES string of the molecule is CCOC(=O)C1(Nc2ccccc2C)CCCCC1C. The number of aryl methyl sites for hydroxylation is 1. The van der Waals surface area contributed by atoms with Crippen LogP contribution in [-0.2, 0) is 9.53 Å². The molecule has 0 aromatic heterocycles. The summed E-state index contributed by atoms with van der Waals surface area (Å²) in [5.74, 6) is 0.186. The highest BCUT2D eigenvalue weighted by atomic mass is 16.5. The number of para-hydroxylation sites is 1. The van der Waals surface area contributed by atoms with Crippen LogP contribution in [0.15, 0.2) is 24.3 Å². The molecule has 1 aliphatic rings. The molecule has 0 heterocycles. The molecule has 2 rings (SSSR count). The van der Waals surface area contributed by atoms with E-state index in [-0.39, 0.29) is 11.9 Å². The van der Waals surface area contributed by atoms with Crippen molar-refractivity contribution in [3.63, 3.8) is 0 Å². The van der Waals surface area contributed by atoms with Crippen LogP contribution in [0.4, 0.5) is 5.69 Å². The fraction of sp³-hybridized carbons (Fsp3) is 0.588. The van der Waals surface area contributed by atoms with Gasteiger partial charge in [-0.1, -0.05) is 38.0 Å². The molecule has 1 fully saturated rings. The van der Waals surface area contributed by atoms with Gasteiger partial charge in [-0.15, -0.1) is 0 Å². The molecule has 2 atom stereocenters. The number of carbonyl (C=O) groups is 1. The first-order valence-corrected chi connectivity index (χ1v) is 7.61. The Balaban J connectivity index is 2.31. The van der Waals surface area contributed by atoms with E-state index in [1.54, 1.807) is 0 Å².